The Hall–Kier alpha value is -5.48. The summed E-state index contributed by atoms with van der Waals surface area (Å²) in [5.74, 6) is -0.266. The molecule has 2 aromatic heterocycles. The zero-order valence-corrected chi connectivity index (χ0v) is 26.4. The summed E-state index contributed by atoms with van der Waals surface area (Å²) in [6, 6.07) is 12.2. The average molecular weight is 667 g/mol. The molecule has 0 bridgehead atoms. The molecule has 2 aromatic carbocycles. The molecule has 16 heteroatoms. The second kappa shape index (κ2) is 16.0. The zero-order chi connectivity index (χ0) is 33.1. The van der Waals surface area contributed by atoms with Crippen LogP contribution in [0.4, 0.5) is 9.59 Å². The third kappa shape index (κ3) is 8.36. The highest BCUT2D eigenvalue weighted by Crippen LogP contribution is 2.43. The SMILES string of the molecule is CCOC(=O)c1sc2sc(C(=O)OCC)c(COc3ccccc3/C=N/NC(N)=O)c2c1COc1ccccc1/C=N/NC(N)=O. The van der Waals surface area contributed by atoms with Crippen molar-refractivity contribution in [2.75, 3.05) is 13.2 Å². The maximum atomic E-state index is 13.1. The maximum absolute atomic E-state index is 13.1. The van der Waals surface area contributed by atoms with Crippen LogP contribution in [-0.2, 0) is 22.7 Å². The van der Waals surface area contributed by atoms with Crippen molar-refractivity contribution in [3.63, 3.8) is 0 Å². The Balaban J connectivity index is 1.77. The first-order valence-electron chi connectivity index (χ1n) is 13.7. The van der Waals surface area contributed by atoms with Crippen molar-refractivity contribution < 1.29 is 38.1 Å². The molecule has 2 heterocycles. The number of thiophene rings is 2. The monoisotopic (exact) mass is 666 g/mol. The summed E-state index contributed by atoms with van der Waals surface area (Å²) >= 11 is 2.35. The van der Waals surface area contributed by atoms with E-state index in [1.54, 1.807) is 62.4 Å². The predicted octanol–water partition coefficient (Wildman–Crippen LogP) is 4.48. The lowest BCUT2D eigenvalue weighted by Gasteiger charge is -2.13. The van der Waals surface area contributed by atoms with E-state index in [1.807, 2.05) is 0 Å². The number of carbonyl (C=O) groups is 4. The van der Waals surface area contributed by atoms with Crippen molar-refractivity contribution in [2.24, 2.45) is 21.7 Å². The molecule has 4 aromatic rings. The van der Waals surface area contributed by atoms with Gasteiger partial charge in [0, 0.05) is 27.6 Å². The van der Waals surface area contributed by atoms with Crippen molar-refractivity contribution in [3.8, 4) is 11.5 Å². The highest BCUT2D eigenvalue weighted by Gasteiger charge is 2.29. The molecule has 0 saturated carbocycles. The third-order valence-electron chi connectivity index (χ3n) is 6.01. The van der Waals surface area contributed by atoms with Gasteiger partial charge < -0.3 is 30.4 Å². The highest BCUT2D eigenvalue weighted by atomic mass is 32.2. The number of para-hydroxylation sites is 2. The lowest BCUT2D eigenvalue weighted by atomic mass is 10.1. The normalized spacial score (nSPS) is 11.1. The van der Waals surface area contributed by atoms with Crippen LogP contribution in [0.15, 0.2) is 58.7 Å². The van der Waals surface area contributed by atoms with E-state index in [0.29, 0.717) is 52.9 Å². The number of nitrogens with zero attached hydrogens (tertiary/aromatic N) is 2. The van der Waals surface area contributed by atoms with Gasteiger partial charge in [-0.2, -0.15) is 10.2 Å². The van der Waals surface area contributed by atoms with Gasteiger partial charge in [-0.05, 0) is 38.1 Å². The summed E-state index contributed by atoms with van der Waals surface area (Å²) < 4.78 is 23.7. The Kier molecular flexibility index (Phi) is 11.6. The lowest BCUT2D eigenvalue weighted by molar-refractivity contribution is 0.0520. The van der Waals surface area contributed by atoms with Crippen molar-refractivity contribution >= 4 is 68.5 Å². The molecule has 0 aliphatic rings. The predicted molar refractivity (Wildman–Crippen MR) is 174 cm³/mol. The standard InChI is InChI=1S/C30H30N6O8S2/c1-3-41-26(37)24-19(15-43-21-11-7-5-9-17(21)13-33-35-29(31)39)23-20(25(27(38)42-4-2)46-28(23)45-24)16-44-22-12-8-6-10-18(22)14-34-36-30(32)40/h5-14H,3-4,15-16H2,1-2H3,(H3,31,35,39)(H3,32,36,40)/b33-13+,34-14+. The molecule has 14 nitrogen and oxygen atoms in total. The first-order chi connectivity index (χ1) is 22.2. The fourth-order valence-electron chi connectivity index (χ4n) is 4.15. The van der Waals surface area contributed by atoms with Crippen LogP contribution in [0.25, 0.3) is 9.40 Å². The van der Waals surface area contributed by atoms with Crippen LogP contribution in [0.1, 0.15) is 55.4 Å². The van der Waals surface area contributed by atoms with E-state index >= 15 is 0 Å². The number of hydrazone groups is 2. The molecule has 0 spiro atoms. The molecule has 46 heavy (non-hydrogen) atoms. The largest absolute Gasteiger partial charge is 0.488 e. The second-order valence-corrected chi connectivity index (χ2v) is 11.3. The number of amides is 4. The Labute approximate surface area is 270 Å². The molecular formula is C30H30N6O8S2. The first-order valence-corrected chi connectivity index (χ1v) is 15.4. The molecule has 0 fully saturated rings. The number of benzene rings is 2. The minimum absolute atomic E-state index is 0.0870. The van der Waals surface area contributed by atoms with E-state index in [4.69, 9.17) is 30.4 Å². The number of fused-ring (bicyclic) bond motifs is 1. The Morgan fingerprint density at radius 2 is 1.13 bits per heavy atom. The molecule has 4 amide bonds. The number of nitrogens with two attached hydrogens (primary N) is 2. The van der Waals surface area contributed by atoms with Gasteiger partial charge in [-0.25, -0.2) is 30.0 Å². The number of esters is 2. The van der Waals surface area contributed by atoms with Crippen LogP contribution in [0.5, 0.6) is 11.5 Å². The van der Waals surface area contributed by atoms with E-state index in [9.17, 15) is 19.2 Å². The number of hydrogen-bond acceptors (Lipinski definition) is 12. The molecule has 240 valence electrons. The van der Waals surface area contributed by atoms with E-state index in [2.05, 4.69) is 21.1 Å². The van der Waals surface area contributed by atoms with Crippen molar-refractivity contribution in [1.29, 1.82) is 0 Å². The second-order valence-electron chi connectivity index (χ2n) is 9.04. The fourth-order valence-corrected chi connectivity index (χ4v) is 6.74. The minimum atomic E-state index is -0.823. The number of primary amides is 2. The Bertz CT molecular complexity index is 1670. The highest BCUT2D eigenvalue weighted by molar-refractivity contribution is 7.40. The zero-order valence-electron chi connectivity index (χ0n) is 24.7. The summed E-state index contributed by atoms with van der Waals surface area (Å²) in [5.41, 5.74) is 16.5. The van der Waals surface area contributed by atoms with Crippen LogP contribution >= 0.6 is 22.7 Å². The van der Waals surface area contributed by atoms with Crippen LogP contribution in [0.3, 0.4) is 0 Å². The van der Waals surface area contributed by atoms with Gasteiger partial charge >= 0.3 is 24.0 Å². The van der Waals surface area contributed by atoms with Crippen molar-refractivity contribution in [3.05, 3.63) is 80.5 Å². The smallest absolute Gasteiger partial charge is 0.348 e. The van der Waals surface area contributed by atoms with Crippen molar-refractivity contribution in [2.45, 2.75) is 27.1 Å². The Morgan fingerprint density at radius 3 is 1.52 bits per heavy atom. The van der Waals surface area contributed by atoms with Gasteiger partial charge in [0.05, 0.1) is 29.7 Å². The number of hydrogen-bond donors (Lipinski definition) is 4. The number of rotatable bonds is 14. The van der Waals surface area contributed by atoms with Gasteiger partial charge in [0.1, 0.15) is 34.5 Å². The number of urea groups is 2. The van der Waals surface area contributed by atoms with Crippen molar-refractivity contribution in [1.82, 2.24) is 10.9 Å². The molecule has 0 aliphatic heterocycles. The van der Waals surface area contributed by atoms with Gasteiger partial charge in [-0.1, -0.05) is 24.3 Å². The van der Waals surface area contributed by atoms with Crippen LogP contribution < -0.4 is 31.8 Å². The van der Waals surface area contributed by atoms with E-state index in [1.165, 1.54) is 35.1 Å². The van der Waals surface area contributed by atoms with Crippen LogP contribution in [-0.4, -0.2) is 49.6 Å². The van der Waals surface area contributed by atoms with Crippen LogP contribution in [0, 0.1) is 0 Å². The molecule has 0 unspecified atom stereocenters. The number of carbonyl (C=O) groups excluding carboxylic acids is 4. The molecule has 0 aliphatic carbocycles. The summed E-state index contributed by atoms with van der Waals surface area (Å²) in [4.78, 5) is 48.9. The van der Waals surface area contributed by atoms with Gasteiger partial charge in [0.25, 0.3) is 0 Å². The van der Waals surface area contributed by atoms with E-state index in [-0.39, 0.29) is 26.4 Å². The summed E-state index contributed by atoms with van der Waals surface area (Å²) in [7, 11) is 0. The molecule has 0 saturated heterocycles. The summed E-state index contributed by atoms with van der Waals surface area (Å²) in [6.07, 6.45) is 2.75. The van der Waals surface area contributed by atoms with Gasteiger partial charge in [-0.15, -0.1) is 22.7 Å². The maximum Gasteiger partial charge on any atom is 0.348 e. The topological polar surface area (TPSA) is 206 Å². The van der Waals surface area contributed by atoms with Gasteiger partial charge in [0.15, 0.2) is 0 Å². The number of nitrogens with one attached hydrogen (secondary N) is 2. The van der Waals surface area contributed by atoms with E-state index in [0.717, 1.165) is 0 Å². The summed E-state index contributed by atoms with van der Waals surface area (Å²) in [6.45, 7) is 3.55. The molecule has 6 N–H and O–H groups in total. The van der Waals surface area contributed by atoms with E-state index < -0.39 is 24.0 Å². The quantitative estimate of drug-likeness (QED) is 0.0855. The lowest BCUT2D eigenvalue weighted by Crippen LogP contribution is -2.24. The van der Waals surface area contributed by atoms with Gasteiger partial charge in [-0.3, -0.25) is 0 Å². The fraction of sp³-hybridized carbons (Fsp3) is 0.200. The molecule has 0 radical (unpaired) electrons. The molecule has 4 rings (SSSR count). The van der Waals surface area contributed by atoms with Crippen LogP contribution in [0.2, 0.25) is 0 Å². The Morgan fingerprint density at radius 1 is 0.717 bits per heavy atom. The first kappa shape index (κ1) is 33.4. The molecular weight excluding hydrogens is 636 g/mol. The third-order valence-corrected chi connectivity index (χ3v) is 8.52. The molecule has 0 atom stereocenters. The summed E-state index contributed by atoms with van der Waals surface area (Å²) in [5, 5.41) is 8.21. The minimum Gasteiger partial charge on any atom is -0.488 e. The number of ether oxygens (including phenoxy) is 4. The average Bonchev–Trinajstić information content (AvgIpc) is 3.56. The van der Waals surface area contributed by atoms with Gasteiger partial charge in [0.2, 0.25) is 0 Å².